The molecule has 0 saturated heterocycles. The van der Waals surface area contributed by atoms with Crippen molar-refractivity contribution in [3.63, 3.8) is 0 Å². The second-order valence-corrected chi connectivity index (χ2v) is 6.56. The average molecular weight is 407 g/mol. The van der Waals surface area contributed by atoms with Gasteiger partial charge in [-0.25, -0.2) is 14.3 Å². The van der Waals surface area contributed by atoms with Gasteiger partial charge in [0.25, 0.3) is 0 Å². The third kappa shape index (κ3) is 4.41. The van der Waals surface area contributed by atoms with Crippen molar-refractivity contribution in [3.8, 4) is 0 Å². The molecule has 0 unspecified atom stereocenters. The summed E-state index contributed by atoms with van der Waals surface area (Å²) in [6, 6.07) is 4.38. The van der Waals surface area contributed by atoms with Crippen LogP contribution in [-0.2, 0) is 10.9 Å². The van der Waals surface area contributed by atoms with Crippen LogP contribution in [0.15, 0.2) is 30.5 Å². The van der Waals surface area contributed by atoms with E-state index >= 15 is 0 Å². The second kappa shape index (κ2) is 7.61. The van der Waals surface area contributed by atoms with Crippen molar-refractivity contribution in [1.82, 2.24) is 14.6 Å². The number of nitrogen functional groups attached to an aromatic ring is 1. The van der Waals surface area contributed by atoms with Gasteiger partial charge in [-0.3, -0.25) is 0 Å². The number of aryl methyl sites for hydroxylation is 1. The first kappa shape index (κ1) is 20.4. The summed E-state index contributed by atoms with van der Waals surface area (Å²) >= 11 is 0. The Morgan fingerprint density at radius 1 is 1.31 bits per heavy atom. The Kier molecular flexibility index (Phi) is 5.36. The Balaban J connectivity index is 1.97. The zero-order chi connectivity index (χ0) is 21.3. The van der Waals surface area contributed by atoms with Gasteiger partial charge >= 0.3 is 12.1 Å². The molecule has 10 heteroatoms. The highest BCUT2D eigenvalue weighted by atomic mass is 19.4. The maximum absolute atomic E-state index is 13.1. The van der Waals surface area contributed by atoms with Crippen molar-refractivity contribution in [3.05, 3.63) is 53.0 Å². The van der Waals surface area contributed by atoms with Crippen LogP contribution in [0.25, 0.3) is 5.52 Å². The molecule has 0 aliphatic carbocycles. The first-order chi connectivity index (χ1) is 13.6. The van der Waals surface area contributed by atoms with Crippen LogP contribution >= 0.6 is 0 Å². The minimum atomic E-state index is -4.50. The highest BCUT2D eigenvalue weighted by Gasteiger charge is 2.31. The van der Waals surface area contributed by atoms with Gasteiger partial charge in [-0.1, -0.05) is 0 Å². The molecule has 154 valence electrons. The topological polar surface area (TPSA) is 94.5 Å². The number of fused-ring (bicyclic) bond motifs is 1. The van der Waals surface area contributed by atoms with Gasteiger partial charge in [0, 0.05) is 11.8 Å². The number of carbonyl (C=O) groups excluding carboxylic acids is 1. The number of rotatable bonds is 5. The van der Waals surface area contributed by atoms with Crippen LogP contribution in [-0.4, -0.2) is 27.2 Å². The molecule has 3 rings (SSSR count). The lowest BCUT2D eigenvalue weighted by Gasteiger charge is -2.18. The van der Waals surface area contributed by atoms with Crippen molar-refractivity contribution in [2.45, 2.75) is 33.0 Å². The summed E-state index contributed by atoms with van der Waals surface area (Å²) in [5.74, 6) is -0.199. The molecule has 7 nitrogen and oxygen atoms in total. The van der Waals surface area contributed by atoms with E-state index in [-0.39, 0.29) is 18.0 Å². The van der Waals surface area contributed by atoms with E-state index in [4.69, 9.17) is 10.5 Å². The lowest BCUT2D eigenvalue weighted by Crippen LogP contribution is -2.13. The van der Waals surface area contributed by atoms with Crippen molar-refractivity contribution in [2.75, 3.05) is 17.7 Å². The number of aromatic nitrogens is 3. The van der Waals surface area contributed by atoms with Gasteiger partial charge in [-0.2, -0.15) is 18.3 Å². The minimum absolute atomic E-state index is 0.0137. The number of nitrogens with one attached hydrogen (secondary N) is 1. The molecule has 0 spiro atoms. The number of nitrogens with zero attached hydrogens (tertiary/aromatic N) is 3. The van der Waals surface area contributed by atoms with E-state index in [0.717, 1.165) is 12.1 Å². The van der Waals surface area contributed by atoms with Gasteiger partial charge < -0.3 is 15.8 Å². The molecule has 29 heavy (non-hydrogen) atoms. The van der Waals surface area contributed by atoms with E-state index in [9.17, 15) is 18.0 Å². The first-order valence-electron chi connectivity index (χ1n) is 8.87. The quantitative estimate of drug-likeness (QED) is 0.491. The predicted molar refractivity (Wildman–Crippen MR) is 102 cm³/mol. The number of esters is 1. The fourth-order valence-corrected chi connectivity index (χ4v) is 2.90. The number of ether oxygens (including phenoxy) is 1. The molecule has 0 aliphatic heterocycles. The van der Waals surface area contributed by atoms with E-state index < -0.39 is 23.8 Å². The van der Waals surface area contributed by atoms with Gasteiger partial charge in [-0.05, 0) is 44.5 Å². The van der Waals surface area contributed by atoms with Gasteiger partial charge in [0.1, 0.15) is 5.52 Å². The molecular formula is C19H20F3N5O2. The Labute approximate surface area is 164 Å². The third-order valence-corrected chi connectivity index (χ3v) is 4.22. The molecule has 1 aromatic carbocycles. The van der Waals surface area contributed by atoms with Gasteiger partial charge in [0.15, 0.2) is 11.5 Å². The number of benzene rings is 1. The van der Waals surface area contributed by atoms with Gasteiger partial charge in [0.05, 0.1) is 30.1 Å². The number of halogens is 3. The molecule has 0 amide bonds. The van der Waals surface area contributed by atoms with Crippen LogP contribution in [0.3, 0.4) is 0 Å². The highest BCUT2D eigenvalue weighted by Crippen LogP contribution is 2.33. The second-order valence-electron chi connectivity index (χ2n) is 6.56. The van der Waals surface area contributed by atoms with E-state index in [1.807, 2.05) is 0 Å². The largest absolute Gasteiger partial charge is 0.461 e. The zero-order valence-electron chi connectivity index (χ0n) is 16.0. The van der Waals surface area contributed by atoms with E-state index in [2.05, 4.69) is 15.4 Å². The van der Waals surface area contributed by atoms with Crippen molar-refractivity contribution in [2.24, 2.45) is 0 Å². The summed E-state index contributed by atoms with van der Waals surface area (Å²) in [7, 11) is 0. The van der Waals surface area contributed by atoms with Crippen LogP contribution in [0, 0.1) is 6.92 Å². The Morgan fingerprint density at radius 3 is 2.69 bits per heavy atom. The summed E-state index contributed by atoms with van der Waals surface area (Å²) in [5.41, 5.74) is 6.41. The highest BCUT2D eigenvalue weighted by molar-refractivity contribution is 5.90. The Hall–Kier alpha value is -3.30. The first-order valence-corrected chi connectivity index (χ1v) is 8.87. The molecule has 0 radical (unpaired) electrons. The molecular weight excluding hydrogens is 387 g/mol. The Bertz CT molecular complexity index is 1060. The minimum Gasteiger partial charge on any atom is -0.461 e. The zero-order valence-corrected chi connectivity index (χ0v) is 16.0. The van der Waals surface area contributed by atoms with Crippen molar-refractivity contribution in [1.29, 1.82) is 0 Å². The van der Waals surface area contributed by atoms with Crippen LogP contribution in [0.2, 0.25) is 0 Å². The lowest BCUT2D eigenvalue weighted by molar-refractivity contribution is -0.137. The summed E-state index contributed by atoms with van der Waals surface area (Å²) in [6.07, 6.45) is -2.87. The summed E-state index contributed by atoms with van der Waals surface area (Å²) < 4.78 is 45.7. The normalized spacial score (nSPS) is 12.8. The number of nitrogens with two attached hydrogens (primary N) is 1. The fraction of sp³-hybridized carbons (Fsp3) is 0.316. The summed E-state index contributed by atoms with van der Waals surface area (Å²) in [4.78, 5) is 16.4. The third-order valence-electron chi connectivity index (χ3n) is 4.22. The van der Waals surface area contributed by atoms with Crippen LogP contribution in [0.4, 0.5) is 24.7 Å². The van der Waals surface area contributed by atoms with Crippen molar-refractivity contribution < 1.29 is 22.7 Å². The number of hydrogen-bond acceptors (Lipinski definition) is 6. The average Bonchev–Trinajstić information content (AvgIpc) is 3.05. The number of hydrogen-bond donors (Lipinski definition) is 2. The van der Waals surface area contributed by atoms with Gasteiger partial charge in [0.2, 0.25) is 0 Å². The maximum atomic E-state index is 13.1. The number of alkyl halides is 3. The molecule has 0 saturated carbocycles. The Morgan fingerprint density at radius 2 is 2.03 bits per heavy atom. The van der Waals surface area contributed by atoms with E-state index in [1.165, 1.54) is 16.6 Å². The van der Waals surface area contributed by atoms with Crippen molar-refractivity contribution >= 4 is 23.0 Å². The molecule has 0 fully saturated rings. The molecule has 2 aromatic heterocycles. The summed E-state index contributed by atoms with van der Waals surface area (Å²) in [6.45, 7) is 5.33. The molecule has 3 N–H and O–H groups in total. The fourth-order valence-electron chi connectivity index (χ4n) is 2.90. The standard InChI is InChI=1S/C19H20F3N5O2/c1-4-29-18(28)15-8-16-17(24-10(2)9-27(16)26-15)25-11(3)12-5-13(19(20,21)22)7-14(23)6-12/h5-9,11H,4,23H2,1-3H3,(H,24,25)/t11-/m1/s1. The van der Waals surface area contributed by atoms with E-state index in [0.29, 0.717) is 22.6 Å². The number of anilines is 2. The molecule has 0 bridgehead atoms. The van der Waals surface area contributed by atoms with Crippen LogP contribution in [0.5, 0.6) is 0 Å². The summed E-state index contributed by atoms with van der Waals surface area (Å²) in [5, 5.41) is 7.27. The van der Waals surface area contributed by atoms with Crippen LogP contribution in [0.1, 0.15) is 47.2 Å². The molecule has 0 aliphatic rings. The molecule has 2 heterocycles. The maximum Gasteiger partial charge on any atom is 0.416 e. The molecule has 1 atom stereocenters. The lowest BCUT2D eigenvalue weighted by atomic mass is 10.0. The van der Waals surface area contributed by atoms with Crippen LogP contribution < -0.4 is 11.1 Å². The van der Waals surface area contributed by atoms with Gasteiger partial charge in [-0.15, -0.1) is 0 Å². The smallest absolute Gasteiger partial charge is 0.416 e. The monoisotopic (exact) mass is 407 g/mol. The predicted octanol–water partition coefficient (Wildman–Crippen LogP) is 3.99. The molecule has 3 aromatic rings. The SMILES string of the molecule is CCOC(=O)c1cc2c(N[C@H](C)c3cc(N)cc(C(F)(F)F)c3)nc(C)cn2n1. The number of carbonyl (C=O) groups is 1. The van der Waals surface area contributed by atoms with E-state index in [1.54, 1.807) is 27.0 Å².